The average molecular weight is 357 g/mol. The summed E-state index contributed by atoms with van der Waals surface area (Å²) in [7, 11) is 0. The molecule has 0 amide bonds. The maximum Gasteiger partial charge on any atom is 0.201 e. The Labute approximate surface area is 122 Å². The zero-order valence-electron chi connectivity index (χ0n) is 11.0. The average Bonchev–Trinajstić information content (AvgIpc) is 2.59. The van der Waals surface area contributed by atoms with E-state index >= 15 is 0 Å². The molecule has 2 rings (SSSR count). The van der Waals surface area contributed by atoms with Gasteiger partial charge in [-0.1, -0.05) is 26.7 Å². The summed E-state index contributed by atoms with van der Waals surface area (Å²) >= 11 is 2.30. The van der Waals surface area contributed by atoms with Crippen LogP contribution in [0.1, 0.15) is 33.1 Å². The Kier molecular flexibility index (Phi) is 4.48. The third-order valence-electron chi connectivity index (χ3n) is 3.15. The van der Waals surface area contributed by atoms with E-state index in [9.17, 15) is 0 Å². The quantitative estimate of drug-likeness (QED) is 0.648. The smallest absolute Gasteiger partial charge is 0.201 e. The third-order valence-corrected chi connectivity index (χ3v) is 3.82. The second-order valence-electron chi connectivity index (χ2n) is 5.14. The van der Waals surface area contributed by atoms with Crippen LogP contribution in [-0.2, 0) is 6.54 Å². The van der Waals surface area contributed by atoms with Gasteiger partial charge in [-0.3, -0.25) is 0 Å². The zero-order valence-corrected chi connectivity index (χ0v) is 13.1. The van der Waals surface area contributed by atoms with Crippen LogP contribution in [0.2, 0.25) is 0 Å². The number of imidazole rings is 1. The maximum absolute atomic E-state index is 5.99. The number of halogens is 1. The van der Waals surface area contributed by atoms with Crippen LogP contribution in [-0.4, -0.2) is 9.55 Å². The van der Waals surface area contributed by atoms with Gasteiger partial charge in [0, 0.05) is 10.1 Å². The van der Waals surface area contributed by atoms with Crippen molar-refractivity contribution >= 4 is 39.6 Å². The van der Waals surface area contributed by atoms with Crippen LogP contribution in [0.5, 0.6) is 0 Å². The van der Waals surface area contributed by atoms with E-state index in [-0.39, 0.29) is 0 Å². The minimum atomic E-state index is 0.636. The van der Waals surface area contributed by atoms with Gasteiger partial charge in [-0.05, 0) is 53.1 Å². The van der Waals surface area contributed by atoms with Gasteiger partial charge >= 0.3 is 0 Å². The van der Waals surface area contributed by atoms with Gasteiger partial charge in [0.15, 0.2) is 0 Å². The summed E-state index contributed by atoms with van der Waals surface area (Å²) in [4.78, 5) is 4.42. The largest absolute Gasteiger partial charge is 0.369 e. The van der Waals surface area contributed by atoms with Crippen LogP contribution in [0.4, 0.5) is 5.95 Å². The van der Waals surface area contributed by atoms with E-state index < -0.39 is 0 Å². The Morgan fingerprint density at radius 3 is 2.83 bits per heavy atom. The van der Waals surface area contributed by atoms with Crippen molar-refractivity contribution in [2.45, 2.75) is 39.7 Å². The molecule has 0 aliphatic heterocycles. The second kappa shape index (κ2) is 5.91. The SMILES string of the molecule is CC(C)CCCCn1c(N)nc2cc(I)ccc21. The normalized spacial score (nSPS) is 11.6. The van der Waals surface area contributed by atoms with E-state index in [1.165, 1.54) is 22.8 Å². The Bertz CT molecular complexity index is 531. The molecule has 1 heterocycles. The van der Waals surface area contributed by atoms with Crippen molar-refractivity contribution in [2.24, 2.45) is 5.92 Å². The van der Waals surface area contributed by atoms with Crippen molar-refractivity contribution in [3.63, 3.8) is 0 Å². The molecule has 4 heteroatoms. The molecule has 0 aliphatic carbocycles. The molecule has 98 valence electrons. The zero-order chi connectivity index (χ0) is 13.1. The van der Waals surface area contributed by atoms with E-state index in [1.807, 2.05) is 0 Å². The Hall–Kier alpha value is -0.780. The van der Waals surface area contributed by atoms with Crippen LogP contribution >= 0.6 is 22.6 Å². The van der Waals surface area contributed by atoms with Gasteiger partial charge in [0.05, 0.1) is 11.0 Å². The number of fused-ring (bicyclic) bond motifs is 1. The van der Waals surface area contributed by atoms with Gasteiger partial charge in [-0.15, -0.1) is 0 Å². The summed E-state index contributed by atoms with van der Waals surface area (Å²) in [5.41, 5.74) is 8.15. The number of rotatable bonds is 5. The summed E-state index contributed by atoms with van der Waals surface area (Å²) < 4.78 is 3.33. The molecule has 0 atom stereocenters. The van der Waals surface area contributed by atoms with Crippen molar-refractivity contribution in [1.82, 2.24) is 9.55 Å². The molecule has 18 heavy (non-hydrogen) atoms. The number of nitrogen functional groups attached to an aromatic ring is 1. The van der Waals surface area contributed by atoms with Crippen molar-refractivity contribution in [2.75, 3.05) is 5.73 Å². The number of benzene rings is 1. The number of anilines is 1. The Balaban J connectivity index is 2.10. The molecular weight excluding hydrogens is 337 g/mol. The van der Waals surface area contributed by atoms with E-state index in [1.54, 1.807) is 0 Å². The minimum Gasteiger partial charge on any atom is -0.369 e. The standard InChI is InChI=1S/C14H20IN3/c1-10(2)5-3-4-8-18-13-7-6-11(15)9-12(13)17-14(18)16/h6-7,9-10H,3-5,8H2,1-2H3,(H2,16,17). The van der Waals surface area contributed by atoms with Crippen molar-refractivity contribution in [1.29, 1.82) is 0 Å². The van der Waals surface area contributed by atoms with Crippen molar-refractivity contribution in [3.05, 3.63) is 21.8 Å². The van der Waals surface area contributed by atoms with Gasteiger partial charge in [0.2, 0.25) is 5.95 Å². The third kappa shape index (κ3) is 3.16. The second-order valence-corrected chi connectivity index (χ2v) is 6.39. The van der Waals surface area contributed by atoms with E-state index in [2.05, 4.69) is 64.2 Å². The number of aromatic nitrogens is 2. The molecule has 0 unspecified atom stereocenters. The molecule has 0 aliphatic rings. The number of aryl methyl sites for hydroxylation is 1. The molecule has 0 radical (unpaired) electrons. The van der Waals surface area contributed by atoms with Crippen LogP contribution in [0.25, 0.3) is 11.0 Å². The lowest BCUT2D eigenvalue weighted by atomic mass is 10.1. The summed E-state index contributed by atoms with van der Waals surface area (Å²) in [6.45, 7) is 5.50. The first-order valence-corrected chi connectivity index (χ1v) is 7.57. The highest BCUT2D eigenvalue weighted by molar-refractivity contribution is 14.1. The lowest BCUT2D eigenvalue weighted by molar-refractivity contribution is 0.514. The monoisotopic (exact) mass is 357 g/mol. The van der Waals surface area contributed by atoms with E-state index in [4.69, 9.17) is 5.73 Å². The molecule has 0 bridgehead atoms. The fraction of sp³-hybridized carbons (Fsp3) is 0.500. The van der Waals surface area contributed by atoms with Crippen molar-refractivity contribution < 1.29 is 0 Å². The van der Waals surface area contributed by atoms with Gasteiger partial charge in [0.25, 0.3) is 0 Å². The number of unbranched alkanes of at least 4 members (excludes halogenated alkanes) is 1. The Morgan fingerprint density at radius 1 is 1.33 bits per heavy atom. The molecule has 3 nitrogen and oxygen atoms in total. The topological polar surface area (TPSA) is 43.8 Å². The molecule has 1 aromatic heterocycles. The maximum atomic E-state index is 5.99. The molecule has 2 aromatic rings. The fourth-order valence-corrected chi connectivity index (χ4v) is 2.65. The first-order valence-electron chi connectivity index (χ1n) is 6.49. The summed E-state index contributed by atoms with van der Waals surface area (Å²) in [6, 6.07) is 6.30. The number of hydrogen-bond donors (Lipinski definition) is 1. The fourth-order valence-electron chi connectivity index (χ4n) is 2.18. The molecular formula is C14H20IN3. The van der Waals surface area contributed by atoms with Gasteiger partial charge in [-0.2, -0.15) is 0 Å². The molecule has 0 fully saturated rings. The van der Waals surface area contributed by atoms with Gasteiger partial charge in [-0.25, -0.2) is 4.98 Å². The first-order chi connectivity index (χ1) is 8.58. The van der Waals surface area contributed by atoms with Crippen LogP contribution in [0.15, 0.2) is 18.2 Å². The molecule has 0 spiro atoms. The van der Waals surface area contributed by atoms with Crippen LogP contribution in [0.3, 0.4) is 0 Å². The number of nitrogens with two attached hydrogens (primary N) is 1. The minimum absolute atomic E-state index is 0.636. The number of nitrogens with zero attached hydrogens (tertiary/aromatic N) is 2. The number of hydrogen-bond acceptors (Lipinski definition) is 2. The lowest BCUT2D eigenvalue weighted by Gasteiger charge is -2.07. The highest BCUT2D eigenvalue weighted by Gasteiger charge is 2.07. The van der Waals surface area contributed by atoms with Crippen LogP contribution < -0.4 is 5.73 Å². The van der Waals surface area contributed by atoms with Gasteiger partial charge < -0.3 is 10.3 Å². The van der Waals surface area contributed by atoms with E-state index in [0.717, 1.165) is 23.5 Å². The van der Waals surface area contributed by atoms with Gasteiger partial charge in [0.1, 0.15) is 0 Å². The highest BCUT2D eigenvalue weighted by atomic mass is 127. The van der Waals surface area contributed by atoms with Crippen LogP contribution in [0, 0.1) is 9.49 Å². The molecule has 2 N–H and O–H groups in total. The lowest BCUT2D eigenvalue weighted by Crippen LogP contribution is -2.03. The summed E-state index contributed by atoms with van der Waals surface area (Å²) in [5, 5.41) is 0. The molecule has 0 saturated heterocycles. The predicted molar refractivity (Wildman–Crippen MR) is 85.6 cm³/mol. The summed E-state index contributed by atoms with van der Waals surface area (Å²) in [6.07, 6.45) is 3.70. The predicted octanol–water partition coefficient (Wildman–Crippen LogP) is 4.05. The van der Waals surface area contributed by atoms with E-state index in [0.29, 0.717) is 5.95 Å². The van der Waals surface area contributed by atoms with Crippen molar-refractivity contribution in [3.8, 4) is 0 Å². The molecule has 0 saturated carbocycles. The highest BCUT2D eigenvalue weighted by Crippen LogP contribution is 2.21. The molecule has 1 aromatic carbocycles. The Morgan fingerprint density at radius 2 is 2.11 bits per heavy atom. The summed E-state index contributed by atoms with van der Waals surface area (Å²) in [5.74, 6) is 1.42. The first kappa shape index (κ1) is 13.6.